The van der Waals surface area contributed by atoms with Gasteiger partial charge in [-0.1, -0.05) is 12.1 Å². The summed E-state index contributed by atoms with van der Waals surface area (Å²) in [6, 6.07) is -0.0397. The van der Waals surface area contributed by atoms with Crippen molar-refractivity contribution >= 4 is 5.84 Å². The maximum Gasteiger partial charge on any atom is 0.156 e. The van der Waals surface area contributed by atoms with Gasteiger partial charge in [0, 0.05) is 13.1 Å². The van der Waals surface area contributed by atoms with Gasteiger partial charge in [-0.25, -0.2) is 0 Å². The predicted octanol–water partition coefficient (Wildman–Crippen LogP) is -0.422. The molecule has 13 heavy (non-hydrogen) atoms. The number of β-amino-alcohol motifs (C(OH)–C–C–N with tert-alkyl or cyclic N) is 1. The van der Waals surface area contributed by atoms with Gasteiger partial charge >= 0.3 is 0 Å². The van der Waals surface area contributed by atoms with Crippen LogP contribution >= 0.6 is 0 Å². The molecule has 2 unspecified atom stereocenters. The number of oxime groups is 1. The molecule has 1 saturated heterocycles. The third kappa shape index (κ3) is 2.32. The first-order chi connectivity index (χ1) is 6.19. The minimum absolute atomic E-state index is 0.0397. The van der Waals surface area contributed by atoms with Crippen LogP contribution in [0.25, 0.3) is 0 Å². The largest absolute Gasteiger partial charge is 0.409 e. The molecule has 2 atom stereocenters. The molecule has 1 aliphatic rings. The highest BCUT2D eigenvalue weighted by Crippen LogP contribution is 2.14. The molecular formula is C8H17N3O2. The van der Waals surface area contributed by atoms with Gasteiger partial charge in [-0.05, 0) is 12.8 Å². The van der Waals surface area contributed by atoms with E-state index in [1.54, 1.807) is 0 Å². The van der Waals surface area contributed by atoms with Gasteiger partial charge in [0.1, 0.15) is 0 Å². The van der Waals surface area contributed by atoms with E-state index in [2.05, 4.69) is 5.16 Å². The lowest BCUT2D eigenvalue weighted by Crippen LogP contribution is -2.43. The third-order valence-electron chi connectivity index (χ3n) is 2.48. The fraction of sp³-hybridized carbons (Fsp3) is 0.875. The van der Waals surface area contributed by atoms with Crippen LogP contribution in [0.5, 0.6) is 0 Å². The van der Waals surface area contributed by atoms with E-state index in [1.165, 1.54) is 0 Å². The Labute approximate surface area is 77.8 Å². The molecule has 0 aromatic heterocycles. The molecule has 0 bridgehead atoms. The van der Waals surface area contributed by atoms with Gasteiger partial charge in [0.15, 0.2) is 5.84 Å². The lowest BCUT2D eigenvalue weighted by Gasteiger charge is -2.24. The Morgan fingerprint density at radius 2 is 2.46 bits per heavy atom. The molecule has 0 saturated carbocycles. The highest BCUT2D eigenvalue weighted by molar-refractivity contribution is 5.85. The summed E-state index contributed by atoms with van der Waals surface area (Å²) in [6.45, 7) is 3.41. The zero-order chi connectivity index (χ0) is 9.84. The SMILES string of the molecule is CCC(C(N)=NO)N1CCC(O)C1. The van der Waals surface area contributed by atoms with Gasteiger partial charge in [0.2, 0.25) is 0 Å². The van der Waals surface area contributed by atoms with Crippen molar-refractivity contribution in [3.05, 3.63) is 0 Å². The van der Waals surface area contributed by atoms with Crippen LogP contribution in [-0.2, 0) is 0 Å². The van der Waals surface area contributed by atoms with Crippen LogP contribution in [0, 0.1) is 0 Å². The van der Waals surface area contributed by atoms with Gasteiger partial charge in [-0.2, -0.15) is 0 Å². The molecule has 0 spiro atoms. The van der Waals surface area contributed by atoms with Crippen LogP contribution in [0.1, 0.15) is 19.8 Å². The topological polar surface area (TPSA) is 82.1 Å². The second kappa shape index (κ2) is 4.43. The van der Waals surface area contributed by atoms with Crippen LogP contribution in [0.2, 0.25) is 0 Å². The van der Waals surface area contributed by atoms with Crippen molar-refractivity contribution in [2.45, 2.75) is 31.9 Å². The third-order valence-corrected chi connectivity index (χ3v) is 2.48. The van der Waals surface area contributed by atoms with E-state index in [1.807, 2.05) is 11.8 Å². The predicted molar refractivity (Wildman–Crippen MR) is 49.7 cm³/mol. The molecule has 0 radical (unpaired) electrons. The molecule has 1 fully saturated rings. The number of hydrogen-bond acceptors (Lipinski definition) is 4. The molecule has 0 aromatic rings. The fourth-order valence-corrected chi connectivity index (χ4v) is 1.77. The van der Waals surface area contributed by atoms with Gasteiger partial charge in [-0.3, -0.25) is 4.90 Å². The summed E-state index contributed by atoms with van der Waals surface area (Å²) in [4.78, 5) is 2.04. The Morgan fingerprint density at radius 1 is 1.77 bits per heavy atom. The number of likely N-dealkylation sites (tertiary alicyclic amines) is 1. The van der Waals surface area contributed by atoms with Crippen LogP contribution in [-0.4, -0.2) is 46.3 Å². The summed E-state index contributed by atoms with van der Waals surface area (Å²) >= 11 is 0. The van der Waals surface area contributed by atoms with E-state index in [0.717, 1.165) is 19.4 Å². The second-order valence-corrected chi connectivity index (χ2v) is 3.39. The van der Waals surface area contributed by atoms with Crippen LogP contribution in [0.3, 0.4) is 0 Å². The Morgan fingerprint density at radius 3 is 2.85 bits per heavy atom. The number of hydrogen-bond donors (Lipinski definition) is 3. The lowest BCUT2D eigenvalue weighted by molar-refractivity contribution is 0.169. The summed E-state index contributed by atoms with van der Waals surface area (Å²) in [5.41, 5.74) is 5.53. The number of amidine groups is 1. The minimum Gasteiger partial charge on any atom is -0.409 e. The van der Waals surface area contributed by atoms with E-state index < -0.39 is 0 Å². The molecule has 1 heterocycles. The van der Waals surface area contributed by atoms with Crippen LogP contribution in [0.15, 0.2) is 5.16 Å². The minimum atomic E-state index is -0.263. The monoisotopic (exact) mass is 187 g/mol. The van der Waals surface area contributed by atoms with Gasteiger partial charge in [0.25, 0.3) is 0 Å². The molecule has 4 N–H and O–H groups in total. The standard InChI is InChI=1S/C8H17N3O2/c1-2-7(8(9)10-13)11-4-3-6(12)5-11/h6-7,12-13H,2-5H2,1H3,(H2,9,10). The average Bonchev–Trinajstić information content (AvgIpc) is 2.53. The Balaban J connectivity index is 2.57. The number of aliphatic hydroxyl groups is 1. The first-order valence-corrected chi connectivity index (χ1v) is 4.58. The molecule has 1 aliphatic heterocycles. The van der Waals surface area contributed by atoms with Crippen molar-refractivity contribution in [1.29, 1.82) is 0 Å². The normalized spacial score (nSPS) is 27.8. The summed E-state index contributed by atoms with van der Waals surface area (Å²) in [6.07, 6.45) is 1.30. The maximum atomic E-state index is 9.31. The molecular weight excluding hydrogens is 170 g/mol. The summed E-state index contributed by atoms with van der Waals surface area (Å²) < 4.78 is 0. The van der Waals surface area contributed by atoms with Crippen molar-refractivity contribution < 1.29 is 10.3 Å². The molecule has 0 aliphatic carbocycles. The van der Waals surface area contributed by atoms with Crippen LogP contribution < -0.4 is 5.73 Å². The summed E-state index contributed by atoms with van der Waals surface area (Å²) in [5, 5.41) is 20.9. The first kappa shape index (κ1) is 10.3. The van der Waals surface area contributed by atoms with E-state index >= 15 is 0 Å². The number of nitrogens with zero attached hydrogens (tertiary/aromatic N) is 2. The van der Waals surface area contributed by atoms with Crippen molar-refractivity contribution in [3.63, 3.8) is 0 Å². The molecule has 0 aromatic carbocycles. The molecule has 5 heteroatoms. The van der Waals surface area contributed by atoms with Gasteiger partial charge < -0.3 is 16.0 Å². The van der Waals surface area contributed by atoms with Crippen LogP contribution in [0.4, 0.5) is 0 Å². The Hall–Kier alpha value is -0.810. The quantitative estimate of drug-likeness (QED) is 0.242. The van der Waals surface area contributed by atoms with E-state index in [0.29, 0.717) is 6.54 Å². The number of aliphatic hydroxyl groups excluding tert-OH is 1. The fourth-order valence-electron chi connectivity index (χ4n) is 1.77. The number of nitrogens with two attached hydrogens (primary N) is 1. The molecule has 76 valence electrons. The zero-order valence-corrected chi connectivity index (χ0v) is 7.85. The van der Waals surface area contributed by atoms with Gasteiger partial charge in [0.05, 0.1) is 12.1 Å². The highest BCUT2D eigenvalue weighted by atomic mass is 16.4. The Kier molecular flexibility index (Phi) is 3.50. The van der Waals surface area contributed by atoms with Crippen molar-refractivity contribution in [2.24, 2.45) is 10.9 Å². The summed E-state index contributed by atoms with van der Waals surface area (Å²) in [7, 11) is 0. The van der Waals surface area contributed by atoms with Gasteiger partial charge in [-0.15, -0.1) is 0 Å². The maximum absolute atomic E-state index is 9.31. The highest BCUT2D eigenvalue weighted by Gasteiger charge is 2.28. The molecule has 1 rings (SSSR count). The molecule has 5 nitrogen and oxygen atoms in total. The van der Waals surface area contributed by atoms with Crippen molar-refractivity contribution in [3.8, 4) is 0 Å². The van der Waals surface area contributed by atoms with E-state index in [-0.39, 0.29) is 18.0 Å². The van der Waals surface area contributed by atoms with Crippen molar-refractivity contribution in [2.75, 3.05) is 13.1 Å². The average molecular weight is 187 g/mol. The zero-order valence-electron chi connectivity index (χ0n) is 7.85. The van der Waals surface area contributed by atoms with Crippen molar-refractivity contribution in [1.82, 2.24) is 4.90 Å². The second-order valence-electron chi connectivity index (χ2n) is 3.39. The van der Waals surface area contributed by atoms with E-state index in [9.17, 15) is 5.11 Å². The first-order valence-electron chi connectivity index (χ1n) is 4.58. The summed E-state index contributed by atoms with van der Waals surface area (Å²) in [5.74, 6) is 0.233. The Bertz CT molecular complexity index is 196. The molecule has 0 amide bonds. The smallest absolute Gasteiger partial charge is 0.156 e. The lowest BCUT2D eigenvalue weighted by atomic mass is 10.2. The number of rotatable bonds is 3. The van der Waals surface area contributed by atoms with E-state index in [4.69, 9.17) is 10.9 Å².